The van der Waals surface area contributed by atoms with Crippen LogP contribution >= 0.6 is 0 Å². The average molecular weight is 428 g/mol. The van der Waals surface area contributed by atoms with Crippen molar-refractivity contribution in [3.8, 4) is 0 Å². The number of ether oxygens (including phenoxy) is 3. The van der Waals surface area contributed by atoms with E-state index in [4.69, 9.17) is 19.3 Å². The lowest BCUT2D eigenvalue weighted by molar-refractivity contribution is -0.0332. The van der Waals surface area contributed by atoms with E-state index in [-0.39, 0.29) is 6.61 Å². The van der Waals surface area contributed by atoms with Gasteiger partial charge < -0.3 is 19.3 Å². The second-order valence-electron chi connectivity index (χ2n) is 8.13. The Balaban J connectivity index is 1.41. The summed E-state index contributed by atoms with van der Waals surface area (Å²) < 4.78 is 16.8. The quantitative estimate of drug-likeness (QED) is 0.461. The second-order valence-corrected chi connectivity index (χ2v) is 8.13. The van der Waals surface area contributed by atoms with Gasteiger partial charge in [0.25, 0.3) is 0 Å². The van der Waals surface area contributed by atoms with Crippen LogP contribution in [0.25, 0.3) is 0 Å². The summed E-state index contributed by atoms with van der Waals surface area (Å²) in [5.74, 6) is 0. The van der Waals surface area contributed by atoms with Crippen LogP contribution in [0.3, 0.4) is 0 Å². The van der Waals surface area contributed by atoms with E-state index in [1.807, 2.05) is 0 Å². The first-order valence-electron chi connectivity index (χ1n) is 11.5. The van der Waals surface area contributed by atoms with Crippen LogP contribution < -0.4 is 0 Å². The Morgan fingerprint density at radius 2 is 1.19 bits per heavy atom. The van der Waals surface area contributed by atoms with Crippen molar-refractivity contribution in [1.29, 1.82) is 0 Å². The normalized spacial score (nSPS) is 19.0. The minimum absolute atomic E-state index is 0.0555. The lowest BCUT2D eigenvalue weighted by Gasteiger charge is -2.37. The minimum atomic E-state index is 0.0555. The topological polar surface area (TPSA) is 51.2 Å². The van der Waals surface area contributed by atoms with Gasteiger partial charge in [-0.1, -0.05) is 60.7 Å². The molecule has 2 aromatic carbocycles. The Morgan fingerprint density at radius 3 is 1.74 bits per heavy atom. The minimum Gasteiger partial charge on any atom is -0.394 e. The van der Waals surface area contributed by atoms with Crippen molar-refractivity contribution in [2.75, 3.05) is 39.6 Å². The van der Waals surface area contributed by atoms with Crippen LogP contribution in [-0.4, -0.2) is 61.8 Å². The van der Waals surface area contributed by atoms with Crippen molar-refractivity contribution in [3.05, 3.63) is 71.8 Å². The molecule has 0 radical (unpaired) electrons. The standard InChI is InChI=1S/C26H37NO4/c28-15-16-29-17-18-30-19-20-31-26-13-11-25(12-14-26)27(21-23-7-3-1-4-8-23)22-24-9-5-2-6-10-24/h1-10,25-26,28H,11-22H2/t25-,26-. The van der Waals surface area contributed by atoms with Crippen molar-refractivity contribution in [3.63, 3.8) is 0 Å². The number of nitrogens with zero attached hydrogens (tertiary/aromatic N) is 1. The van der Waals surface area contributed by atoms with Gasteiger partial charge in [0.15, 0.2) is 0 Å². The smallest absolute Gasteiger partial charge is 0.0704 e. The molecule has 170 valence electrons. The van der Waals surface area contributed by atoms with Crippen LogP contribution in [0.15, 0.2) is 60.7 Å². The summed E-state index contributed by atoms with van der Waals surface area (Å²) in [5.41, 5.74) is 2.74. The first-order valence-corrected chi connectivity index (χ1v) is 11.5. The number of aliphatic hydroxyl groups excluding tert-OH is 1. The van der Waals surface area contributed by atoms with Gasteiger partial charge in [0.05, 0.1) is 45.7 Å². The third-order valence-corrected chi connectivity index (χ3v) is 5.81. The Morgan fingerprint density at radius 1 is 0.677 bits per heavy atom. The van der Waals surface area contributed by atoms with Crippen LogP contribution in [0.2, 0.25) is 0 Å². The summed E-state index contributed by atoms with van der Waals surface area (Å²) in [5, 5.41) is 8.66. The lowest BCUT2D eigenvalue weighted by atomic mass is 9.91. The van der Waals surface area contributed by atoms with Crippen molar-refractivity contribution in [2.24, 2.45) is 0 Å². The maximum absolute atomic E-state index is 8.66. The van der Waals surface area contributed by atoms with Gasteiger partial charge in [-0.15, -0.1) is 0 Å². The van der Waals surface area contributed by atoms with Crippen molar-refractivity contribution < 1.29 is 19.3 Å². The molecule has 31 heavy (non-hydrogen) atoms. The first-order chi connectivity index (χ1) is 15.3. The zero-order valence-electron chi connectivity index (χ0n) is 18.5. The molecule has 2 aromatic rings. The van der Waals surface area contributed by atoms with Crippen LogP contribution in [0, 0.1) is 0 Å². The highest BCUT2D eigenvalue weighted by Crippen LogP contribution is 2.27. The summed E-state index contributed by atoms with van der Waals surface area (Å²) in [6.07, 6.45) is 4.87. The Kier molecular flexibility index (Phi) is 11.0. The highest BCUT2D eigenvalue weighted by Gasteiger charge is 2.26. The third-order valence-electron chi connectivity index (χ3n) is 5.81. The molecule has 0 atom stereocenters. The molecule has 1 aliphatic rings. The van der Waals surface area contributed by atoms with E-state index in [1.54, 1.807) is 0 Å². The number of hydrogen-bond acceptors (Lipinski definition) is 5. The summed E-state index contributed by atoms with van der Waals surface area (Å²) in [6, 6.07) is 22.2. The van der Waals surface area contributed by atoms with Crippen LogP contribution in [0.4, 0.5) is 0 Å². The van der Waals surface area contributed by atoms with Gasteiger partial charge in [-0.25, -0.2) is 0 Å². The number of hydrogen-bond donors (Lipinski definition) is 1. The molecular weight excluding hydrogens is 390 g/mol. The molecule has 0 spiro atoms. The molecule has 1 N–H and O–H groups in total. The second kappa shape index (κ2) is 14.3. The van der Waals surface area contributed by atoms with Crippen molar-refractivity contribution in [2.45, 2.75) is 50.9 Å². The molecule has 1 fully saturated rings. The molecule has 0 aromatic heterocycles. The zero-order valence-corrected chi connectivity index (χ0v) is 18.5. The fourth-order valence-corrected chi connectivity index (χ4v) is 4.19. The molecule has 3 rings (SSSR count). The maximum atomic E-state index is 8.66. The van der Waals surface area contributed by atoms with E-state index in [0.717, 1.165) is 25.9 Å². The molecule has 0 aliphatic heterocycles. The van der Waals surface area contributed by atoms with Gasteiger partial charge in [-0.05, 0) is 36.8 Å². The summed E-state index contributed by atoms with van der Waals surface area (Å²) in [6.45, 7) is 4.68. The molecular formula is C26H37NO4. The average Bonchev–Trinajstić information content (AvgIpc) is 2.82. The third kappa shape index (κ3) is 9.09. The molecule has 0 heterocycles. The summed E-state index contributed by atoms with van der Waals surface area (Å²) >= 11 is 0. The number of benzene rings is 2. The largest absolute Gasteiger partial charge is 0.394 e. The number of rotatable bonds is 14. The summed E-state index contributed by atoms with van der Waals surface area (Å²) in [4.78, 5) is 2.64. The van der Waals surface area contributed by atoms with Gasteiger partial charge in [0, 0.05) is 19.1 Å². The SMILES string of the molecule is OCCOCCOCCO[C@H]1CC[C@H](N(Cc2ccccc2)Cc2ccccc2)CC1. The fraction of sp³-hybridized carbons (Fsp3) is 0.538. The lowest BCUT2D eigenvalue weighted by Crippen LogP contribution is -2.39. The van der Waals surface area contributed by atoms with Gasteiger partial charge in [-0.2, -0.15) is 0 Å². The summed E-state index contributed by atoms with van der Waals surface area (Å²) in [7, 11) is 0. The molecule has 0 bridgehead atoms. The van der Waals surface area contributed by atoms with E-state index in [1.165, 1.54) is 24.0 Å². The molecule has 0 saturated heterocycles. The monoisotopic (exact) mass is 427 g/mol. The number of aliphatic hydroxyl groups is 1. The van der Waals surface area contributed by atoms with Gasteiger partial charge >= 0.3 is 0 Å². The first kappa shape index (κ1) is 23.9. The molecule has 1 aliphatic carbocycles. The molecule has 5 heteroatoms. The van der Waals surface area contributed by atoms with Crippen molar-refractivity contribution >= 4 is 0 Å². The van der Waals surface area contributed by atoms with Gasteiger partial charge in [0.1, 0.15) is 0 Å². The van der Waals surface area contributed by atoms with Gasteiger partial charge in [-0.3, -0.25) is 4.90 Å². The highest BCUT2D eigenvalue weighted by atomic mass is 16.5. The van der Waals surface area contributed by atoms with E-state index in [0.29, 0.717) is 45.2 Å². The fourth-order valence-electron chi connectivity index (χ4n) is 4.19. The van der Waals surface area contributed by atoms with Crippen LogP contribution in [0.1, 0.15) is 36.8 Å². The Hall–Kier alpha value is -1.76. The highest BCUT2D eigenvalue weighted by molar-refractivity contribution is 5.17. The molecule has 0 amide bonds. The molecule has 0 unspecified atom stereocenters. The maximum Gasteiger partial charge on any atom is 0.0704 e. The van der Waals surface area contributed by atoms with E-state index in [2.05, 4.69) is 65.6 Å². The predicted octanol–water partition coefficient (Wildman–Crippen LogP) is 4.04. The van der Waals surface area contributed by atoms with Crippen LogP contribution in [-0.2, 0) is 27.3 Å². The van der Waals surface area contributed by atoms with Crippen molar-refractivity contribution in [1.82, 2.24) is 4.90 Å². The molecule has 1 saturated carbocycles. The van der Waals surface area contributed by atoms with Crippen LogP contribution in [0.5, 0.6) is 0 Å². The van der Waals surface area contributed by atoms with E-state index >= 15 is 0 Å². The Bertz CT molecular complexity index is 648. The van der Waals surface area contributed by atoms with E-state index in [9.17, 15) is 0 Å². The van der Waals surface area contributed by atoms with E-state index < -0.39 is 0 Å². The molecule has 5 nitrogen and oxygen atoms in total. The Labute approximate surface area is 186 Å². The predicted molar refractivity (Wildman–Crippen MR) is 123 cm³/mol. The zero-order chi connectivity index (χ0) is 21.6. The van der Waals surface area contributed by atoms with Gasteiger partial charge in [0.2, 0.25) is 0 Å².